The normalized spacial score (nSPS) is 15.3. The van der Waals surface area contributed by atoms with E-state index in [1.807, 2.05) is 5.38 Å². The largest absolute Gasteiger partial charge is 0.495 e. The van der Waals surface area contributed by atoms with Crippen LogP contribution in [0.25, 0.3) is 6.08 Å². The van der Waals surface area contributed by atoms with Gasteiger partial charge in [-0.2, -0.15) is 0 Å². The quantitative estimate of drug-likeness (QED) is 0.399. The summed E-state index contributed by atoms with van der Waals surface area (Å²) in [7, 11) is 1.55. The smallest absolute Gasteiger partial charge is 0.283 e. The van der Waals surface area contributed by atoms with E-state index in [2.05, 4.69) is 23.8 Å². The molecule has 1 aliphatic rings. The third kappa shape index (κ3) is 4.71. The van der Waals surface area contributed by atoms with Crippen LogP contribution in [0, 0.1) is 0 Å². The van der Waals surface area contributed by atoms with E-state index >= 15 is 0 Å². The van der Waals surface area contributed by atoms with Crippen molar-refractivity contribution in [1.29, 1.82) is 0 Å². The third-order valence-corrected chi connectivity index (χ3v) is 6.92. The van der Waals surface area contributed by atoms with Crippen LogP contribution in [0.3, 0.4) is 0 Å². The van der Waals surface area contributed by atoms with Gasteiger partial charge in [-0.3, -0.25) is 9.69 Å². The number of ether oxygens (including phenoxy) is 1. The molecule has 0 unspecified atom stereocenters. The second-order valence-electron chi connectivity index (χ2n) is 7.02. The summed E-state index contributed by atoms with van der Waals surface area (Å²) in [6, 6.07) is 8.76. The van der Waals surface area contributed by atoms with Crippen LogP contribution >= 0.6 is 34.7 Å². The topological polar surface area (TPSA) is 67.9 Å². The second-order valence-corrected chi connectivity index (χ2v) is 9.26. The average Bonchev–Trinajstić information content (AvgIpc) is 3.48. The van der Waals surface area contributed by atoms with E-state index in [0.717, 1.165) is 10.7 Å². The summed E-state index contributed by atoms with van der Waals surface area (Å²) in [5.74, 6) is 1.84. The number of hydrogen-bond donors (Lipinski definition) is 0. The van der Waals surface area contributed by atoms with Crippen molar-refractivity contribution in [1.82, 2.24) is 4.98 Å². The zero-order chi connectivity index (χ0) is 22.0. The summed E-state index contributed by atoms with van der Waals surface area (Å²) in [4.78, 5) is 24.0. The van der Waals surface area contributed by atoms with E-state index in [4.69, 9.17) is 20.8 Å². The highest BCUT2D eigenvalue weighted by atomic mass is 35.5. The number of anilines is 1. The van der Waals surface area contributed by atoms with Crippen LogP contribution in [0.2, 0.25) is 5.02 Å². The molecular formula is C22H20ClN3O3S2. The number of carbonyl (C=O) groups is 1. The Balaban J connectivity index is 1.64. The van der Waals surface area contributed by atoms with Gasteiger partial charge in [0.05, 0.1) is 34.8 Å². The van der Waals surface area contributed by atoms with Crippen molar-refractivity contribution in [2.24, 2.45) is 4.99 Å². The number of methoxy groups -OCH3 is 1. The molecule has 0 bridgehead atoms. The van der Waals surface area contributed by atoms with Gasteiger partial charge in [0.15, 0.2) is 5.17 Å². The lowest BCUT2D eigenvalue weighted by molar-refractivity contribution is -0.113. The number of aromatic nitrogens is 1. The van der Waals surface area contributed by atoms with E-state index in [1.165, 1.54) is 11.8 Å². The van der Waals surface area contributed by atoms with Crippen LogP contribution in [0.1, 0.15) is 36.2 Å². The van der Waals surface area contributed by atoms with Gasteiger partial charge >= 0.3 is 0 Å². The highest BCUT2D eigenvalue weighted by Gasteiger charge is 2.32. The monoisotopic (exact) mass is 473 g/mol. The van der Waals surface area contributed by atoms with Crippen molar-refractivity contribution in [3.8, 4) is 5.75 Å². The van der Waals surface area contributed by atoms with Gasteiger partial charge in [0.1, 0.15) is 17.2 Å². The molecule has 4 rings (SSSR count). The van der Waals surface area contributed by atoms with Crippen molar-refractivity contribution >= 4 is 57.5 Å². The molecule has 2 aromatic heterocycles. The molecule has 1 aliphatic heterocycles. The number of furan rings is 1. The zero-order valence-corrected chi connectivity index (χ0v) is 19.6. The van der Waals surface area contributed by atoms with Crippen molar-refractivity contribution in [3.05, 3.63) is 69.2 Å². The summed E-state index contributed by atoms with van der Waals surface area (Å²) < 4.78 is 10.6. The highest BCUT2D eigenvalue weighted by Crippen LogP contribution is 2.35. The lowest BCUT2D eigenvalue weighted by atomic mass is 10.2. The van der Waals surface area contributed by atoms with Crippen molar-refractivity contribution < 1.29 is 13.9 Å². The molecule has 0 aliphatic carbocycles. The minimum absolute atomic E-state index is 0.249. The summed E-state index contributed by atoms with van der Waals surface area (Å²) in [6.45, 7) is 4.24. The number of thiazole rings is 1. The molecule has 9 heteroatoms. The maximum atomic E-state index is 13.2. The third-order valence-electron chi connectivity index (χ3n) is 4.46. The maximum absolute atomic E-state index is 13.2. The standard InChI is InChI=1S/C22H20ClN3O3S2/c1-13(2)20-24-14(11-30-20)12-31-22-25-18(10-16-5-4-8-29-16)21(27)26(22)15-6-7-19(28-3)17(23)9-15/h4-11,13H,12H2,1-3H3/b18-10+. The molecule has 3 heterocycles. The first-order valence-corrected chi connectivity index (χ1v) is 11.8. The molecule has 0 N–H and O–H groups in total. The highest BCUT2D eigenvalue weighted by molar-refractivity contribution is 8.13. The average molecular weight is 474 g/mol. The fraction of sp³-hybridized carbons (Fsp3) is 0.227. The van der Waals surface area contributed by atoms with E-state index < -0.39 is 0 Å². The molecule has 160 valence electrons. The first-order chi connectivity index (χ1) is 15.0. The summed E-state index contributed by atoms with van der Waals surface area (Å²) >= 11 is 9.41. The molecule has 0 atom stereocenters. The fourth-order valence-corrected chi connectivity index (χ4v) is 5.01. The predicted octanol–water partition coefficient (Wildman–Crippen LogP) is 6.20. The van der Waals surface area contributed by atoms with Crippen LogP contribution in [0.4, 0.5) is 5.69 Å². The van der Waals surface area contributed by atoms with Crippen molar-refractivity contribution in [3.63, 3.8) is 0 Å². The maximum Gasteiger partial charge on any atom is 0.283 e. The molecule has 1 amide bonds. The number of aliphatic imine (C=N–C) groups is 1. The van der Waals surface area contributed by atoms with Gasteiger partial charge in [-0.1, -0.05) is 37.2 Å². The number of amides is 1. The summed E-state index contributed by atoms with van der Waals surface area (Å²) in [5, 5.41) is 4.12. The van der Waals surface area contributed by atoms with Crippen molar-refractivity contribution in [2.45, 2.75) is 25.5 Å². The minimum atomic E-state index is -0.249. The van der Waals surface area contributed by atoms with Crippen LogP contribution in [0.15, 0.2) is 57.1 Å². The predicted molar refractivity (Wildman–Crippen MR) is 127 cm³/mol. The van der Waals surface area contributed by atoms with Gasteiger partial charge in [0, 0.05) is 23.1 Å². The first-order valence-electron chi connectivity index (χ1n) is 9.55. The number of carbonyl (C=O) groups excluding carboxylic acids is 1. The van der Waals surface area contributed by atoms with Gasteiger partial charge in [0.25, 0.3) is 5.91 Å². The van der Waals surface area contributed by atoms with E-state index in [9.17, 15) is 4.79 Å². The molecule has 31 heavy (non-hydrogen) atoms. The first kappa shape index (κ1) is 21.7. The van der Waals surface area contributed by atoms with E-state index in [-0.39, 0.29) is 5.91 Å². The molecule has 0 radical (unpaired) electrons. The van der Waals surface area contributed by atoms with E-state index in [0.29, 0.717) is 44.8 Å². The van der Waals surface area contributed by atoms with E-state index in [1.54, 1.807) is 66.0 Å². The number of hydrogen-bond acceptors (Lipinski definition) is 7. The Labute approximate surface area is 193 Å². The molecular weight excluding hydrogens is 454 g/mol. The number of thioether (sulfide) groups is 1. The van der Waals surface area contributed by atoms with Gasteiger partial charge in [-0.05, 0) is 30.3 Å². The van der Waals surface area contributed by atoms with Gasteiger partial charge in [0.2, 0.25) is 0 Å². The SMILES string of the molecule is COc1ccc(N2C(=O)/C(=C\c3ccco3)N=C2SCc2csc(C(C)C)n2)cc1Cl. The molecule has 0 spiro atoms. The molecule has 1 aromatic carbocycles. The lowest BCUT2D eigenvalue weighted by Gasteiger charge is -2.18. The zero-order valence-electron chi connectivity index (χ0n) is 17.2. The molecule has 6 nitrogen and oxygen atoms in total. The molecule has 0 saturated carbocycles. The molecule has 0 saturated heterocycles. The lowest BCUT2D eigenvalue weighted by Crippen LogP contribution is -2.30. The minimum Gasteiger partial charge on any atom is -0.495 e. The molecule has 0 fully saturated rings. The summed E-state index contributed by atoms with van der Waals surface area (Å²) in [6.07, 6.45) is 3.19. The van der Waals surface area contributed by atoms with Crippen LogP contribution in [-0.2, 0) is 10.5 Å². The second kappa shape index (κ2) is 9.30. The van der Waals surface area contributed by atoms with Crippen LogP contribution in [-0.4, -0.2) is 23.2 Å². The Morgan fingerprint density at radius 1 is 1.35 bits per heavy atom. The fourth-order valence-electron chi connectivity index (χ4n) is 2.92. The number of benzene rings is 1. The number of amidine groups is 1. The Kier molecular flexibility index (Phi) is 6.50. The molecule has 3 aromatic rings. The van der Waals surface area contributed by atoms with Gasteiger partial charge < -0.3 is 9.15 Å². The van der Waals surface area contributed by atoms with Crippen molar-refractivity contribution in [2.75, 3.05) is 12.0 Å². The van der Waals surface area contributed by atoms with Gasteiger partial charge in [-0.15, -0.1) is 11.3 Å². The van der Waals surface area contributed by atoms with Crippen LogP contribution < -0.4 is 9.64 Å². The Bertz CT molecular complexity index is 1150. The Morgan fingerprint density at radius 2 is 2.19 bits per heavy atom. The van der Waals surface area contributed by atoms with Gasteiger partial charge in [-0.25, -0.2) is 9.98 Å². The summed E-state index contributed by atoms with van der Waals surface area (Å²) in [5.41, 5.74) is 1.88. The number of halogens is 1. The number of nitrogens with zero attached hydrogens (tertiary/aromatic N) is 3. The Morgan fingerprint density at radius 3 is 2.84 bits per heavy atom. The Hall–Kier alpha value is -2.55. The number of rotatable bonds is 6. The van der Waals surface area contributed by atoms with Crippen LogP contribution in [0.5, 0.6) is 5.75 Å².